The Morgan fingerprint density at radius 1 is 1.16 bits per heavy atom. The predicted octanol–water partition coefficient (Wildman–Crippen LogP) is 2.87. The SMILES string of the molecule is C=C1c2ccccc2C(=O)N1[C@@H](C)C(=O)N(C)Cc1ccccc1O. The third-order valence-corrected chi connectivity index (χ3v) is 4.50. The molecule has 2 amide bonds. The van der Waals surface area contributed by atoms with Gasteiger partial charge in [-0.3, -0.25) is 14.5 Å². The maximum Gasteiger partial charge on any atom is 0.259 e. The van der Waals surface area contributed by atoms with Gasteiger partial charge in [0.15, 0.2) is 0 Å². The summed E-state index contributed by atoms with van der Waals surface area (Å²) < 4.78 is 0. The molecule has 1 N–H and O–H groups in total. The van der Waals surface area contributed by atoms with Crippen LogP contribution in [0.4, 0.5) is 0 Å². The molecule has 25 heavy (non-hydrogen) atoms. The second kappa shape index (κ2) is 6.43. The number of aromatic hydroxyl groups is 1. The molecule has 0 saturated heterocycles. The van der Waals surface area contributed by atoms with Crippen molar-refractivity contribution < 1.29 is 14.7 Å². The molecule has 1 aliphatic rings. The quantitative estimate of drug-likeness (QED) is 0.934. The van der Waals surface area contributed by atoms with Gasteiger partial charge in [-0.25, -0.2) is 0 Å². The number of benzene rings is 2. The molecule has 0 aliphatic carbocycles. The molecule has 1 aliphatic heterocycles. The Morgan fingerprint density at radius 3 is 2.40 bits per heavy atom. The molecule has 0 aromatic heterocycles. The summed E-state index contributed by atoms with van der Waals surface area (Å²) in [4.78, 5) is 28.4. The van der Waals surface area contributed by atoms with Crippen LogP contribution >= 0.6 is 0 Å². The van der Waals surface area contributed by atoms with Crippen molar-refractivity contribution in [3.05, 3.63) is 71.8 Å². The highest BCUT2D eigenvalue weighted by Crippen LogP contribution is 2.33. The first-order chi connectivity index (χ1) is 11.9. The van der Waals surface area contributed by atoms with Crippen LogP contribution in [0.15, 0.2) is 55.1 Å². The number of para-hydroxylation sites is 1. The topological polar surface area (TPSA) is 60.9 Å². The Hall–Kier alpha value is -3.08. The van der Waals surface area contributed by atoms with E-state index < -0.39 is 6.04 Å². The Morgan fingerprint density at radius 2 is 1.76 bits per heavy atom. The summed E-state index contributed by atoms with van der Waals surface area (Å²) in [6.07, 6.45) is 0. The van der Waals surface area contributed by atoms with Crippen molar-refractivity contribution in [2.24, 2.45) is 0 Å². The molecule has 0 spiro atoms. The summed E-state index contributed by atoms with van der Waals surface area (Å²) in [6.45, 7) is 5.94. The van der Waals surface area contributed by atoms with E-state index in [0.29, 0.717) is 16.8 Å². The summed E-state index contributed by atoms with van der Waals surface area (Å²) in [5.41, 5.74) is 2.52. The average molecular weight is 336 g/mol. The number of rotatable bonds is 4. The first kappa shape index (κ1) is 16.8. The van der Waals surface area contributed by atoms with Crippen molar-refractivity contribution in [2.75, 3.05) is 7.05 Å². The second-order valence-corrected chi connectivity index (χ2v) is 6.17. The van der Waals surface area contributed by atoms with Gasteiger partial charge in [-0.05, 0) is 19.1 Å². The lowest BCUT2D eigenvalue weighted by Gasteiger charge is -2.29. The molecule has 3 rings (SSSR count). The minimum atomic E-state index is -0.678. The summed E-state index contributed by atoms with van der Waals surface area (Å²) in [5, 5.41) is 9.88. The highest BCUT2D eigenvalue weighted by Gasteiger charge is 2.37. The van der Waals surface area contributed by atoms with E-state index in [-0.39, 0.29) is 24.1 Å². The minimum absolute atomic E-state index is 0.142. The maximum absolute atomic E-state index is 12.8. The first-order valence-electron chi connectivity index (χ1n) is 8.05. The zero-order valence-corrected chi connectivity index (χ0v) is 14.3. The molecule has 2 aromatic carbocycles. The maximum atomic E-state index is 12.8. The molecule has 128 valence electrons. The van der Waals surface area contributed by atoms with E-state index in [1.54, 1.807) is 50.4 Å². The van der Waals surface area contributed by atoms with Gasteiger partial charge in [0.25, 0.3) is 5.91 Å². The van der Waals surface area contributed by atoms with Crippen LogP contribution < -0.4 is 0 Å². The first-order valence-corrected chi connectivity index (χ1v) is 8.05. The predicted molar refractivity (Wildman–Crippen MR) is 95.7 cm³/mol. The molecule has 5 nitrogen and oxygen atoms in total. The summed E-state index contributed by atoms with van der Waals surface area (Å²) in [5.74, 6) is -0.285. The van der Waals surface area contributed by atoms with Crippen molar-refractivity contribution in [3.63, 3.8) is 0 Å². The van der Waals surface area contributed by atoms with E-state index in [2.05, 4.69) is 6.58 Å². The molecule has 2 aromatic rings. The van der Waals surface area contributed by atoms with Crippen LogP contribution in [0.2, 0.25) is 0 Å². The number of carbonyl (C=O) groups is 2. The standard InChI is InChI=1S/C20H20N2O3/c1-13-16-9-5-6-10-17(16)20(25)22(13)14(2)19(24)21(3)12-15-8-4-7-11-18(15)23/h4-11,14,23H,1,12H2,2-3H3/t14-/m0/s1. The molecule has 0 fully saturated rings. The fraction of sp³-hybridized carbons (Fsp3) is 0.200. The molecule has 0 unspecified atom stereocenters. The van der Waals surface area contributed by atoms with E-state index in [4.69, 9.17) is 0 Å². The molecule has 5 heteroatoms. The lowest BCUT2D eigenvalue weighted by atomic mass is 10.1. The number of carbonyl (C=O) groups excluding carboxylic acids is 2. The van der Waals surface area contributed by atoms with Gasteiger partial charge < -0.3 is 10.0 Å². The monoisotopic (exact) mass is 336 g/mol. The van der Waals surface area contributed by atoms with Crippen molar-refractivity contribution in [3.8, 4) is 5.75 Å². The van der Waals surface area contributed by atoms with Gasteiger partial charge in [0, 0.05) is 36.0 Å². The zero-order chi connectivity index (χ0) is 18.1. The molecular weight excluding hydrogens is 316 g/mol. The summed E-state index contributed by atoms with van der Waals surface area (Å²) in [6, 6.07) is 13.4. The van der Waals surface area contributed by atoms with Crippen molar-refractivity contribution in [2.45, 2.75) is 19.5 Å². The Kier molecular flexibility index (Phi) is 4.31. The fourth-order valence-electron chi connectivity index (χ4n) is 3.12. The minimum Gasteiger partial charge on any atom is -0.508 e. The van der Waals surface area contributed by atoms with E-state index in [9.17, 15) is 14.7 Å². The van der Waals surface area contributed by atoms with Gasteiger partial charge in [0.1, 0.15) is 11.8 Å². The van der Waals surface area contributed by atoms with Crippen molar-refractivity contribution in [1.29, 1.82) is 0 Å². The molecule has 1 atom stereocenters. The summed E-state index contributed by atoms with van der Waals surface area (Å²) in [7, 11) is 1.65. The van der Waals surface area contributed by atoms with Gasteiger partial charge in [-0.2, -0.15) is 0 Å². The molecule has 1 heterocycles. The molecule has 0 saturated carbocycles. The van der Waals surface area contributed by atoms with Crippen LogP contribution in [0.1, 0.15) is 28.4 Å². The smallest absolute Gasteiger partial charge is 0.259 e. The average Bonchev–Trinajstić information content (AvgIpc) is 2.87. The third-order valence-electron chi connectivity index (χ3n) is 4.50. The lowest BCUT2D eigenvalue weighted by molar-refractivity contribution is -0.133. The Balaban J connectivity index is 1.78. The summed E-state index contributed by atoms with van der Waals surface area (Å²) >= 11 is 0. The number of phenols is 1. The zero-order valence-electron chi connectivity index (χ0n) is 14.3. The third kappa shape index (κ3) is 2.89. The molecular formula is C20H20N2O3. The van der Waals surface area contributed by atoms with Gasteiger partial charge in [-0.1, -0.05) is 43.0 Å². The second-order valence-electron chi connectivity index (χ2n) is 6.17. The Labute approximate surface area is 146 Å². The van der Waals surface area contributed by atoms with Crippen LogP contribution in [0, 0.1) is 0 Å². The van der Waals surface area contributed by atoms with Crippen LogP contribution in [0.5, 0.6) is 5.75 Å². The number of fused-ring (bicyclic) bond motifs is 1. The highest BCUT2D eigenvalue weighted by atomic mass is 16.3. The largest absolute Gasteiger partial charge is 0.508 e. The van der Waals surface area contributed by atoms with E-state index in [0.717, 1.165) is 5.56 Å². The van der Waals surface area contributed by atoms with Gasteiger partial charge in [0.2, 0.25) is 5.91 Å². The van der Waals surface area contributed by atoms with Crippen LogP contribution in [0.3, 0.4) is 0 Å². The Bertz CT molecular complexity index is 825. The molecule has 0 radical (unpaired) electrons. The number of amides is 2. The van der Waals surface area contributed by atoms with Crippen LogP contribution in [-0.2, 0) is 11.3 Å². The number of hydrogen-bond donors (Lipinski definition) is 1. The highest BCUT2D eigenvalue weighted by molar-refractivity contribution is 6.10. The van der Waals surface area contributed by atoms with Gasteiger partial charge in [0.05, 0.1) is 0 Å². The number of phenolic OH excluding ortho intramolecular Hbond substituents is 1. The van der Waals surface area contributed by atoms with Crippen LogP contribution in [0.25, 0.3) is 5.70 Å². The van der Waals surface area contributed by atoms with Crippen LogP contribution in [-0.4, -0.2) is 39.8 Å². The normalized spacial score (nSPS) is 14.4. The number of nitrogens with zero attached hydrogens (tertiary/aromatic N) is 2. The van der Waals surface area contributed by atoms with E-state index >= 15 is 0 Å². The van der Waals surface area contributed by atoms with E-state index in [1.807, 2.05) is 12.1 Å². The van der Waals surface area contributed by atoms with Gasteiger partial charge >= 0.3 is 0 Å². The lowest BCUT2D eigenvalue weighted by Crippen LogP contribution is -2.45. The molecule has 0 bridgehead atoms. The van der Waals surface area contributed by atoms with Gasteiger partial charge in [-0.15, -0.1) is 0 Å². The van der Waals surface area contributed by atoms with E-state index in [1.165, 1.54) is 9.80 Å². The number of likely N-dealkylation sites (N-methyl/N-ethyl adjacent to an activating group) is 1. The number of hydrogen-bond acceptors (Lipinski definition) is 3. The fourth-order valence-corrected chi connectivity index (χ4v) is 3.12. The van der Waals surface area contributed by atoms with Crippen molar-refractivity contribution in [1.82, 2.24) is 9.80 Å². The van der Waals surface area contributed by atoms with Crippen molar-refractivity contribution >= 4 is 17.5 Å².